The lowest BCUT2D eigenvalue weighted by Gasteiger charge is -3.21. The quantitative estimate of drug-likeness (QED) is 0.271. The smallest absolute Gasteiger partial charge is 0.0130 e. The maximum absolute atomic E-state index is 2.84. The first-order chi connectivity index (χ1) is 16.8. The van der Waals surface area contributed by atoms with Crippen LogP contribution in [0.2, 0.25) is 0 Å². The van der Waals surface area contributed by atoms with Gasteiger partial charge in [0.1, 0.15) is 0 Å². The third kappa shape index (κ3) is 1.15. The average molecular weight is 535 g/mol. The van der Waals surface area contributed by atoms with Crippen molar-refractivity contribution >= 4 is 0 Å². The van der Waals surface area contributed by atoms with Gasteiger partial charge in [-0.3, -0.25) is 0 Å². The SMILES string of the molecule is CC1(C)C(C)(C)C2(C)C(C)(C1(C)C)C1(C)C2(C)C2(C)C1(C)C1(C)C3(C)C4(C)C(C)(C)C(C)(C)C4(C)C3(C)C21C. The molecule has 0 saturated heterocycles. The Balaban J connectivity index is 1.58. The summed E-state index contributed by atoms with van der Waals surface area (Å²) in [5, 5.41) is 0. The van der Waals surface area contributed by atoms with E-state index in [-0.39, 0.29) is 37.9 Å². The lowest BCUT2D eigenvalue weighted by atomic mass is 8.82. The Kier molecular flexibility index (Phi) is 3.57. The van der Waals surface area contributed by atoms with Gasteiger partial charge in [-0.25, -0.2) is 0 Å². The van der Waals surface area contributed by atoms with E-state index in [2.05, 4.69) is 152 Å². The molecule has 12 atom stereocenters. The zero-order valence-electron chi connectivity index (χ0n) is 30.5. The van der Waals surface area contributed by atoms with Crippen LogP contribution in [0, 0.1) is 92.1 Å². The predicted molar refractivity (Wildman–Crippen MR) is 166 cm³/mol. The molecule has 0 N–H and O–H groups in total. The molecule has 0 nitrogen and oxygen atoms in total. The average Bonchev–Trinajstić information content (AvgIpc) is 2.89. The molecular formula is C39H66. The molecule has 0 heterocycles. The van der Waals surface area contributed by atoms with E-state index in [1.165, 1.54) is 0 Å². The molecular weight excluding hydrogens is 468 g/mol. The minimum Gasteiger partial charge on any atom is -0.0588 e. The monoisotopic (exact) mass is 535 g/mol. The maximum Gasteiger partial charge on any atom is -0.0130 e. The molecule has 0 aromatic heterocycles. The zero-order chi connectivity index (χ0) is 30.5. The van der Waals surface area contributed by atoms with Crippen LogP contribution < -0.4 is 0 Å². The van der Waals surface area contributed by atoms with Crippen molar-refractivity contribution in [2.45, 2.75) is 152 Å². The summed E-state index contributed by atoms with van der Waals surface area (Å²) in [7, 11) is 0. The maximum atomic E-state index is 2.84. The van der Waals surface area contributed by atoms with Crippen LogP contribution in [0.4, 0.5) is 0 Å². The van der Waals surface area contributed by atoms with Crippen molar-refractivity contribution in [3.8, 4) is 0 Å². The Morgan fingerprint density at radius 3 is 0.385 bits per heavy atom. The molecule has 12 unspecified atom stereocenters. The second-order valence-corrected chi connectivity index (χ2v) is 21.6. The van der Waals surface area contributed by atoms with Crippen LogP contribution in [-0.4, -0.2) is 0 Å². The molecule has 7 aliphatic carbocycles. The van der Waals surface area contributed by atoms with Crippen LogP contribution in [0.15, 0.2) is 0 Å². The molecule has 0 radical (unpaired) electrons. The van der Waals surface area contributed by atoms with Crippen molar-refractivity contribution < 1.29 is 0 Å². The van der Waals surface area contributed by atoms with Gasteiger partial charge in [-0.1, -0.05) is 152 Å². The fraction of sp³-hybridized carbons (Fsp3) is 1.00. The topological polar surface area (TPSA) is 0 Å². The second kappa shape index (κ2) is 5.00. The van der Waals surface area contributed by atoms with Crippen LogP contribution in [-0.2, 0) is 0 Å². The van der Waals surface area contributed by atoms with E-state index in [1.54, 1.807) is 0 Å². The fourth-order valence-corrected chi connectivity index (χ4v) is 21.9. The highest BCUT2D eigenvalue weighted by Crippen LogP contribution is 3.24. The third-order valence-electron chi connectivity index (χ3n) is 25.7. The first-order valence-electron chi connectivity index (χ1n) is 16.8. The van der Waals surface area contributed by atoms with Crippen LogP contribution in [0.25, 0.3) is 0 Å². The van der Waals surface area contributed by atoms with E-state index >= 15 is 0 Å². The Labute approximate surface area is 244 Å². The molecule has 0 aliphatic heterocycles. The van der Waals surface area contributed by atoms with Crippen molar-refractivity contribution in [1.29, 1.82) is 0 Å². The van der Waals surface area contributed by atoms with Gasteiger partial charge in [-0.2, -0.15) is 0 Å². The molecule has 7 fully saturated rings. The van der Waals surface area contributed by atoms with Gasteiger partial charge in [0.2, 0.25) is 0 Å². The van der Waals surface area contributed by atoms with E-state index in [1.807, 2.05) is 0 Å². The van der Waals surface area contributed by atoms with E-state index < -0.39 is 0 Å². The summed E-state index contributed by atoms with van der Waals surface area (Å²) in [6.45, 7) is 60.3. The summed E-state index contributed by atoms with van der Waals surface area (Å²) in [5.74, 6) is 0. The van der Waals surface area contributed by atoms with Crippen LogP contribution >= 0.6 is 0 Å². The lowest BCUT2D eigenvalue weighted by molar-refractivity contribution is -0.752. The molecule has 0 aromatic carbocycles. The molecule has 0 heteroatoms. The predicted octanol–water partition coefficient (Wildman–Crippen LogP) is 11.3. The first-order valence-corrected chi connectivity index (χ1v) is 16.8. The molecule has 0 amide bonds. The van der Waals surface area contributed by atoms with Crippen molar-refractivity contribution in [2.24, 2.45) is 92.1 Å². The van der Waals surface area contributed by atoms with Crippen molar-refractivity contribution in [2.75, 3.05) is 0 Å². The number of rotatable bonds is 0. The van der Waals surface area contributed by atoms with Gasteiger partial charge in [0, 0.05) is 0 Å². The minimum atomic E-state index is 0.239. The van der Waals surface area contributed by atoms with Gasteiger partial charge in [0.15, 0.2) is 0 Å². The second-order valence-electron chi connectivity index (χ2n) is 21.6. The van der Waals surface area contributed by atoms with Gasteiger partial charge >= 0.3 is 0 Å². The Bertz CT molecular complexity index is 1240. The molecule has 7 saturated carbocycles. The molecule has 7 rings (SSSR count). The fourth-order valence-electron chi connectivity index (χ4n) is 21.9. The molecule has 7 aliphatic rings. The molecule has 222 valence electrons. The van der Waals surface area contributed by atoms with E-state index in [9.17, 15) is 0 Å². The van der Waals surface area contributed by atoms with Gasteiger partial charge < -0.3 is 0 Å². The number of fused-ring (bicyclic) bond motifs is 16. The van der Waals surface area contributed by atoms with E-state index in [0.29, 0.717) is 54.1 Å². The first kappa shape index (κ1) is 27.8. The van der Waals surface area contributed by atoms with Crippen molar-refractivity contribution in [1.82, 2.24) is 0 Å². The highest BCUT2D eigenvalue weighted by molar-refractivity contribution is 5.67. The molecule has 0 aromatic rings. The van der Waals surface area contributed by atoms with Crippen molar-refractivity contribution in [3.05, 3.63) is 0 Å². The summed E-state index contributed by atoms with van der Waals surface area (Å²) in [6, 6.07) is 0. The van der Waals surface area contributed by atoms with Gasteiger partial charge in [0.25, 0.3) is 0 Å². The Morgan fingerprint density at radius 1 is 0.128 bits per heavy atom. The summed E-state index contributed by atoms with van der Waals surface area (Å²) in [6.07, 6.45) is 0. The Hall–Kier alpha value is 0. The summed E-state index contributed by atoms with van der Waals surface area (Å²) < 4.78 is 0. The third-order valence-corrected chi connectivity index (χ3v) is 25.7. The molecule has 0 bridgehead atoms. The molecule has 39 heavy (non-hydrogen) atoms. The highest BCUT2D eigenvalue weighted by Gasteiger charge is 3.21. The number of hydrogen-bond acceptors (Lipinski definition) is 0. The zero-order valence-corrected chi connectivity index (χ0v) is 30.5. The van der Waals surface area contributed by atoms with Gasteiger partial charge in [-0.15, -0.1) is 0 Å². The summed E-state index contributed by atoms with van der Waals surface area (Å²) in [4.78, 5) is 0. The normalized spacial score (nSPS) is 73.1. The van der Waals surface area contributed by atoms with Crippen LogP contribution in [0.5, 0.6) is 0 Å². The van der Waals surface area contributed by atoms with Gasteiger partial charge in [-0.05, 0) is 92.1 Å². The lowest BCUT2D eigenvalue weighted by Crippen LogP contribution is -3.18. The minimum absolute atomic E-state index is 0.239. The number of hydrogen-bond donors (Lipinski definition) is 0. The molecule has 0 spiro atoms. The van der Waals surface area contributed by atoms with Crippen molar-refractivity contribution in [3.63, 3.8) is 0 Å². The van der Waals surface area contributed by atoms with Crippen LogP contribution in [0.3, 0.4) is 0 Å². The van der Waals surface area contributed by atoms with Gasteiger partial charge in [0.05, 0.1) is 0 Å². The van der Waals surface area contributed by atoms with E-state index in [4.69, 9.17) is 0 Å². The van der Waals surface area contributed by atoms with E-state index in [0.717, 1.165) is 0 Å². The van der Waals surface area contributed by atoms with Crippen LogP contribution in [0.1, 0.15) is 152 Å². The highest BCUT2D eigenvalue weighted by atomic mass is 15.2. The standard InChI is InChI=1S/C39H66/c1-23(2)24(3,4)28(11)29(12,25(23,5)6)33(16)32(28,15)36(19)37(33,20)39(22)35(18)31(14)27(9,10)26(7,8)30(31,13)34(35,17)38(36,39)21/h1-22H3. The largest absolute Gasteiger partial charge is 0.0588 e. The Morgan fingerprint density at radius 2 is 0.231 bits per heavy atom. The summed E-state index contributed by atoms with van der Waals surface area (Å²) in [5.41, 5.74) is 4.99. The summed E-state index contributed by atoms with van der Waals surface area (Å²) >= 11 is 0.